The highest BCUT2D eigenvalue weighted by Gasteiger charge is 2.12. The highest BCUT2D eigenvalue weighted by molar-refractivity contribution is 6.31. The summed E-state index contributed by atoms with van der Waals surface area (Å²) in [6.45, 7) is 2.77. The van der Waals surface area contributed by atoms with E-state index in [4.69, 9.17) is 22.1 Å². The monoisotopic (exact) mass is 259 g/mol. The molecule has 0 aromatic heterocycles. The molecule has 0 amide bonds. The minimum Gasteiger partial charge on any atom is -0.384 e. The number of benzene rings is 1. The number of halogens is 2. The summed E-state index contributed by atoms with van der Waals surface area (Å²) in [4.78, 5) is 0. The molecule has 2 atom stereocenters. The molecule has 0 heterocycles. The third-order valence-electron chi connectivity index (χ3n) is 2.65. The van der Waals surface area contributed by atoms with Gasteiger partial charge >= 0.3 is 0 Å². The Hall–Kier alpha value is -0.640. The molecule has 4 heteroatoms. The predicted molar refractivity (Wildman–Crippen MR) is 68.7 cm³/mol. The van der Waals surface area contributed by atoms with Crippen molar-refractivity contribution >= 4 is 11.6 Å². The fraction of sp³-hybridized carbons (Fsp3) is 0.538. The normalized spacial score (nSPS) is 14.6. The van der Waals surface area contributed by atoms with E-state index in [1.165, 1.54) is 12.1 Å². The second-order valence-electron chi connectivity index (χ2n) is 4.50. The Labute approximate surface area is 107 Å². The van der Waals surface area contributed by atoms with Gasteiger partial charge < -0.3 is 10.5 Å². The molecule has 0 aliphatic carbocycles. The number of nitrogens with two attached hydrogens (primary N) is 1. The van der Waals surface area contributed by atoms with Crippen LogP contribution in [0.25, 0.3) is 0 Å². The molecule has 2 N–H and O–H groups in total. The molecule has 96 valence electrons. The second kappa shape index (κ2) is 6.94. The fourth-order valence-electron chi connectivity index (χ4n) is 1.93. The van der Waals surface area contributed by atoms with Crippen molar-refractivity contribution in [3.8, 4) is 0 Å². The highest BCUT2D eigenvalue weighted by Crippen LogP contribution is 2.20. The Balaban J connectivity index is 2.55. The molecule has 2 nitrogen and oxygen atoms in total. The van der Waals surface area contributed by atoms with Gasteiger partial charge in [-0.3, -0.25) is 0 Å². The van der Waals surface area contributed by atoms with E-state index < -0.39 is 0 Å². The van der Waals surface area contributed by atoms with Crippen molar-refractivity contribution in [1.82, 2.24) is 0 Å². The molecule has 0 aliphatic rings. The van der Waals surface area contributed by atoms with Gasteiger partial charge in [0.15, 0.2) is 0 Å². The van der Waals surface area contributed by atoms with Crippen LogP contribution in [0.2, 0.25) is 5.02 Å². The summed E-state index contributed by atoms with van der Waals surface area (Å²) in [7, 11) is 1.67. The van der Waals surface area contributed by atoms with Crippen molar-refractivity contribution in [2.24, 2.45) is 11.7 Å². The number of rotatable bonds is 6. The number of ether oxygens (including phenoxy) is 1. The summed E-state index contributed by atoms with van der Waals surface area (Å²) in [6.07, 6.45) is 1.42. The first-order chi connectivity index (χ1) is 8.02. The molecule has 0 bridgehead atoms. The van der Waals surface area contributed by atoms with Crippen LogP contribution in [0.1, 0.15) is 18.9 Å². The highest BCUT2D eigenvalue weighted by atomic mass is 35.5. The molecule has 0 spiro atoms. The van der Waals surface area contributed by atoms with Crippen LogP contribution in [-0.2, 0) is 11.2 Å². The summed E-state index contributed by atoms with van der Waals surface area (Å²) in [5.41, 5.74) is 6.79. The van der Waals surface area contributed by atoms with Gasteiger partial charge in [0.1, 0.15) is 5.82 Å². The molecule has 0 saturated carbocycles. The van der Waals surface area contributed by atoms with E-state index in [9.17, 15) is 4.39 Å². The molecule has 2 unspecified atom stereocenters. The van der Waals surface area contributed by atoms with Gasteiger partial charge in [0.25, 0.3) is 0 Å². The predicted octanol–water partition coefficient (Wildman–Crippen LogP) is 3.02. The van der Waals surface area contributed by atoms with Gasteiger partial charge in [-0.05, 0) is 42.5 Å². The van der Waals surface area contributed by atoms with E-state index in [2.05, 4.69) is 6.92 Å². The van der Waals surface area contributed by atoms with E-state index in [1.807, 2.05) is 0 Å². The SMILES string of the molecule is COCC(C)CC(N)Cc1cc(F)ccc1Cl. The minimum absolute atomic E-state index is 0.0283. The lowest BCUT2D eigenvalue weighted by molar-refractivity contribution is 0.152. The summed E-state index contributed by atoms with van der Waals surface area (Å²) in [6, 6.07) is 4.34. The van der Waals surface area contributed by atoms with E-state index >= 15 is 0 Å². The second-order valence-corrected chi connectivity index (χ2v) is 4.90. The first-order valence-electron chi connectivity index (χ1n) is 5.71. The quantitative estimate of drug-likeness (QED) is 0.852. The first kappa shape index (κ1) is 14.4. The van der Waals surface area contributed by atoms with Crippen molar-refractivity contribution in [3.63, 3.8) is 0 Å². The molecule has 17 heavy (non-hydrogen) atoms. The van der Waals surface area contributed by atoms with Crippen molar-refractivity contribution < 1.29 is 9.13 Å². The Kier molecular flexibility index (Phi) is 5.89. The lowest BCUT2D eigenvalue weighted by atomic mass is 9.97. The van der Waals surface area contributed by atoms with Crippen molar-refractivity contribution in [2.75, 3.05) is 13.7 Å². The van der Waals surface area contributed by atoms with Crippen LogP contribution in [0.4, 0.5) is 4.39 Å². The van der Waals surface area contributed by atoms with Crippen molar-refractivity contribution in [1.29, 1.82) is 0 Å². The van der Waals surface area contributed by atoms with E-state index in [1.54, 1.807) is 13.2 Å². The van der Waals surface area contributed by atoms with Crippen LogP contribution in [-0.4, -0.2) is 19.8 Å². The topological polar surface area (TPSA) is 35.2 Å². The number of methoxy groups -OCH3 is 1. The van der Waals surface area contributed by atoms with Crippen molar-refractivity contribution in [2.45, 2.75) is 25.8 Å². The summed E-state index contributed by atoms with van der Waals surface area (Å²) >= 11 is 5.99. The summed E-state index contributed by atoms with van der Waals surface area (Å²) in [5.74, 6) is 0.115. The smallest absolute Gasteiger partial charge is 0.123 e. The summed E-state index contributed by atoms with van der Waals surface area (Å²) < 4.78 is 18.1. The summed E-state index contributed by atoms with van der Waals surface area (Å²) in [5, 5.41) is 0.571. The zero-order chi connectivity index (χ0) is 12.8. The fourth-order valence-corrected chi connectivity index (χ4v) is 2.13. The van der Waals surface area contributed by atoms with Gasteiger partial charge in [-0.25, -0.2) is 4.39 Å². The number of hydrogen-bond donors (Lipinski definition) is 1. The zero-order valence-corrected chi connectivity index (χ0v) is 11.0. The van der Waals surface area contributed by atoms with Crippen LogP contribution in [0.3, 0.4) is 0 Å². The molecule has 1 aromatic rings. The third kappa shape index (κ3) is 5.02. The average molecular weight is 260 g/mol. The molecule has 1 rings (SSSR count). The van der Waals surface area contributed by atoms with Crippen LogP contribution in [0.15, 0.2) is 18.2 Å². The Morgan fingerprint density at radius 3 is 2.82 bits per heavy atom. The lowest BCUT2D eigenvalue weighted by Crippen LogP contribution is -2.26. The standard InChI is InChI=1S/C13H19ClFNO/c1-9(8-17-2)5-12(16)7-10-6-11(15)3-4-13(10)14/h3-4,6,9,12H,5,7-8,16H2,1-2H3. The Morgan fingerprint density at radius 1 is 1.47 bits per heavy atom. The zero-order valence-electron chi connectivity index (χ0n) is 10.2. The molecular formula is C13H19ClFNO. The molecular weight excluding hydrogens is 241 g/mol. The van der Waals surface area contributed by atoms with E-state index in [0.29, 0.717) is 24.0 Å². The van der Waals surface area contributed by atoms with Gasteiger partial charge in [-0.2, -0.15) is 0 Å². The molecule has 0 aliphatic heterocycles. The minimum atomic E-state index is -0.276. The maximum absolute atomic E-state index is 13.1. The maximum atomic E-state index is 13.1. The van der Waals surface area contributed by atoms with Crippen LogP contribution < -0.4 is 5.73 Å². The van der Waals surface area contributed by atoms with Gasteiger partial charge in [0.05, 0.1) is 0 Å². The average Bonchev–Trinajstić information content (AvgIpc) is 2.23. The maximum Gasteiger partial charge on any atom is 0.123 e. The molecule has 1 aromatic carbocycles. The first-order valence-corrected chi connectivity index (χ1v) is 6.09. The van der Waals surface area contributed by atoms with Gasteiger partial charge in [-0.15, -0.1) is 0 Å². The molecule has 0 saturated heterocycles. The van der Waals surface area contributed by atoms with Crippen LogP contribution in [0.5, 0.6) is 0 Å². The van der Waals surface area contributed by atoms with Crippen LogP contribution in [0, 0.1) is 11.7 Å². The van der Waals surface area contributed by atoms with E-state index in [0.717, 1.165) is 12.0 Å². The Morgan fingerprint density at radius 2 is 2.18 bits per heavy atom. The molecule has 0 radical (unpaired) electrons. The lowest BCUT2D eigenvalue weighted by Gasteiger charge is -2.17. The van der Waals surface area contributed by atoms with Gasteiger partial charge in [0, 0.05) is 24.8 Å². The number of hydrogen-bond acceptors (Lipinski definition) is 2. The van der Waals surface area contributed by atoms with E-state index in [-0.39, 0.29) is 11.9 Å². The molecule has 0 fully saturated rings. The van der Waals surface area contributed by atoms with Gasteiger partial charge in [0.2, 0.25) is 0 Å². The third-order valence-corrected chi connectivity index (χ3v) is 3.01. The van der Waals surface area contributed by atoms with Gasteiger partial charge in [-0.1, -0.05) is 18.5 Å². The Bertz CT molecular complexity index is 359. The van der Waals surface area contributed by atoms with Crippen molar-refractivity contribution in [3.05, 3.63) is 34.6 Å². The largest absolute Gasteiger partial charge is 0.384 e. The van der Waals surface area contributed by atoms with Crippen LogP contribution >= 0.6 is 11.6 Å².